The highest BCUT2D eigenvalue weighted by Gasteiger charge is 2.57. The zero-order chi connectivity index (χ0) is 33.3. The van der Waals surface area contributed by atoms with E-state index >= 15 is 0 Å². The minimum Gasteiger partial charge on any atom is -0.463 e. The molecular weight excluding hydrogens is 664 g/mol. The van der Waals surface area contributed by atoms with Crippen LogP contribution in [-0.4, -0.2) is 115 Å². The van der Waals surface area contributed by atoms with Crippen LogP contribution >= 0.6 is 15.9 Å². The van der Waals surface area contributed by atoms with Gasteiger partial charge in [-0.25, -0.2) is 0 Å². The number of hydrogen-bond acceptors (Lipinski definition) is 17. The van der Waals surface area contributed by atoms with Crippen molar-refractivity contribution in [3.8, 4) is 0 Å². The summed E-state index contributed by atoms with van der Waals surface area (Å²) in [7, 11) is 0. The monoisotopic (exact) mass is 698 g/mol. The van der Waals surface area contributed by atoms with Crippen molar-refractivity contribution < 1.29 is 80.9 Å². The Balaban J connectivity index is 2.66. The van der Waals surface area contributed by atoms with Gasteiger partial charge in [0.15, 0.2) is 41.8 Å². The van der Waals surface area contributed by atoms with Crippen LogP contribution in [0.15, 0.2) is 0 Å². The van der Waals surface area contributed by atoms with Gasteiger partial charge >= 0.3 is 41.8 Å². The molecule has 44 heavy (non-hydrogen) atoms. The van der Waals surface area contributed by atoms with Crippen LogP contribution in [0.5, 0.6) is 0 Å². The van der Waals surface area contributed by atoms with Gasteiger partial charge in [0.05, 0.1) is 0 Å². The second kappa shape index (κ2) is 16.6. The lowest BCUT2D eigenvalue weighted by atomic mass is 9.96. The van der Waals surface area contributed by atoms with Crippen molar-refractivity contribution >= 4 is 57.7 Å². The summed E-state index contributed by atoms with van der Waals surface area (Å²) in [5, 5.41) is -1.13. The normalized spacial score (nSPS) is 31.5. The average molecular weight is 699 g/mol. The fourth-order valence-electron chi connectivity index (χ4n) is 4.46. The second-order valence-corrected chi connectivity index (χ2v) is 10.5. The molecule has 17 nitrogen and oxygen atoms in total. The number of rotatable bonds is 11. The molecule has 2 heterocycles. The van der Waals surface area contributed by atoms with Gasteiger partial charge < -0.3 is 47.4 Å². The Morgan fingerprint density at radius 1 is 0.477 bits per heavy atom. The van der Waals surface area contributed by atoms with Crippen LogP contribution in [0.2, 0.25) is 0 Å². The molecule has 2 aliphatic rings. The van der Waals surface area contributed by atoms with E-state index < -0.39 is 115 Å². The molecule has 0 aromatic carbocycles. The zero-order valence-corrected chi connectivity index (χ0v) is 26.6. The van der Waals surface area contributed by atoms with Gasteiger partial charge in [0.2, 0.25) is 0 Å². The van der Waals surface area contributed by atoms with E-state index in [1.807, 2.05) is 0 Å². The molecule has 0 radical (unpaired) electrons. The molecule has 18 heteroatoms. The van der Waals surface area contributed by atoms with E-state index in [0.29, 0.717) is 0 Å². The summed E-state index contributed by atoms with van der Waals surface area (Å²) in [6, 6.07) is 0. The Morgan fingerprint density at radius 3 is 1.27 bits per heavy atom. The van der Waals surface area contributed by atoms with E-state index in [1.54, 1.807) is 0 Å². The molecule has 2 rings (SSSR count). The molecule has 0 aliphatic carbocycles. The van der Waals surface area contributed by atoms with Crippen LogP contribution in [0.25, 0.3) is 0 Å². The molecule has 10 atom stereocenters. The van der Waals surface area contributed by atoms with Gasteiger partial charge in [-0.05, 0) is 0 Å². The highest BCUT2D eigenvalue weighted by molar-refractivity contribution is 9.09. The van der Waals surface area contributed by atoms with Gasteiger partial charge in [-0.1, -0.05) is 15.9 Å². The molecule has 248 valence electrons. The lowest BCUT2D eigenvalue weighted by Crippen LogP contribution is -2.66. The molecule has 0 unspecified atom stereocenters. The SMILES string of the molecule is CC(=O)OC[C@H]1O[C@H](Br)[C@H](OC(C)=O)[C@@H](O[C@@H]2O[C@H](COC(C)=O)[C@@H](OC(C)=O)[C@H](OC(C)=O)[C@H]2OC(C)=O)[C@@H]1OC(C)=O. The van der Waals surface area contributed by atoms with Gasteiger partial charge in [0.25, 0.3) is 0 Å². The van der Waals surface area contributed by atoms with Crippen molar-refractivity contribution in [2.24, 2.45) is 0 Å². The number of alkyl halides is 1. The van der Waals surface area contributed by atoms with Crippen molar-refractivity contribution in [2.45, 2.75) is 109 Å². The maximum absolute atomic E-state index is 12.2. The summed E-state index contributed by atoms with van der Waals surface area (Å²) in [6.45, 7) is 6.60. The summed E-state index contributed by atoms with van der Waals surface area (Å²) in [5.74, 6) is -5.64. The minimum absolute atomic E-state index is 0.430. The third-order valence-corrected chi connectivity index (χ3v) is 6.61. The third kappa shape index (κ3) is 11.0. The first kappa shape index (κ1) is 36.8. The average Bonchev–Trinajstić information content (AvgIpc) is 2.87. The number of carbonyl (C=O) groups excluding carboxylic acids is 7. The van der Waals surface area contributed by atoms with Gasteiger partial charge in [-0.15, -0.1) is 0 Å². The van der Waals surface area contributed by atoms with E-state index in [0.717, 1.165) is 48.5 Å². The van der Waals surface area contributed by atoms with Crippen molar-refractivity contribution in [3.63, 3.8) is 0 Å². The van der Waals surface area contributed by atoms with Crippen molar-refractivity contribution in [2.75, 3.05) is 13.2 Å². The summed E-state index contributed by atoms with van der Waals surface area (Å²) >= 11 is 3.25. The Labute approximate surface area is 260 Å². The Morgan fingerprint density at radius 2 is 0.841 bits per heavy atom. The van der Waals surface area contributed by atoms with Crippen LogP contribution in [0, 0.1) is 0 Å². The third-order valence-electron chi connectivity index (χ3n) is 5.87. The smallest absolute Gasteiger partial charge is 0.303 e. The predicted octanol–water partition coefficient (Wildman–Crippen LogP) is 0.00100. The number of ether oxygens (including phenoxy) is 10. The molecule has 2 aliphatic heterocycles. The number of carbonyl (C=O) groups is 7. The fourth-order valence-corrected chi connectivity index (χ4v) is 5.14. The van der Waals surface area contributed by atoms with E-state index in [2.05, 4.69) is 15.9 Å². The van der Waals surface area contributed by atoms with Gasteiger partial charge in [0.1, 0.15) is 31.5 Å². The van der Waals surface area contributed by atoms with Crippen LogP contribution in [0.4, 0.5) is 0 Å². The highest BCUT2D eigenvalue weighted by Crippen LogP contribution is 2.36. The van der Waals surface area contributed by atoms with Crippen LogP contribution in [0.3, 0.4) is 0 Å². The summed E-state index contributed by atoms with van der Waals surface area (Å²) in [5.41, 5.74) is 0. The lowest BCUT2D eigenvalue weighted by molar-refractivity contribution is -0.340. The molecule has 0 N–H and O–H groups in total. The Kier molecular flexibility index (Phi) is 13.9. The van der Waals surface area contributed by atoms with Crippen molar-refractivity contribution in [3.05, 3.63) is 0 Å². The molecule has 0 spiro atoms. The summed E-state index contributed by atoms with van der Waals surface area (Å²) in [4.78, 5) is 83.8. The largest absolute Gasteiger partial charge is 0.463 e. The quantitative estimate of drug-likeness (QED) is 0.158. The minimum atomic E-state index is -1.73. The van der Waals surface area contributed by atoms with E-state index in [-0.39, 0.29) is 0 Å². The zero-order valence-electron chi connectivity index (χ0n) is 25.0. The Hall–Kier alpha value is -3.35. The summed E-state index contributed by atoms with van der Waals surface area (Å²) in [6.07, 6.45) is -13.2. The highest BCUT2D eigenvalue weighted by atomic mass is 79.9. The van der Waals surface area contributed by atoms with Crippen LogP contribution < -0.4 is 0 Å². The first-order valence-electron chi connectivity index (χ1n) is 13.2. The summed E-state index contributed by atoms with van der Waals surface area (Å²) < 4.78 is 55.1. The molecule has 0 amide bonds. The maximum Gasteiger partial charge on any atom is 0.303 e. The Bertz CT molecular complexity index is 1090. The number of halogens is 1. The number of hydrogen-bond donors (Lipinski definition) is 0. The van der Waals surface area contributed by atoms with E-state index in [9.17, 15) is 33.6 Å². The molecule has 0 aromatic heterocycles. The van der Waals surface area contributed by atoms with Gasteiger partial charge in [0, 0.05) is 48.5 Å². The molecule has 0 aromatic rings. The van der Waals surface area contributed by atoms with Crippen LogP contribution in [0.1, 0.15) is 48.5 Å². The molecule has 2 fully saturated rings. The van der Waals surface area contributed by atoms with Gasteiger partial charge in [-0.2, -0.15) is 0 Å². The molecule has 0 saturated carbocycles. The second-order valence-electron chi connectivity index (χ2n) is 9.64. The molecule has 0 bridgehead atoms. The standard InChI is InChI=1S/C26H35BrO17/c1-10(28)35-8-17-19(37-12(3)30)21(23(25(27)42-17)40-15(6)33)44-26-24(41-16(7)34)22(39-14(5)32)20(38-13(4)31)18(43-26)9-36-11(2)29/h17-26H,8-9H2,1-7H3/t17-,18-,19-,20-,21+,22+,23-,24-,25+,26+/m1/s1. The van der Waals surface area contributed by atoms with E-state index in [4.69, 9.17) is 47.4 Å². The van der Waals surface area contributed by atoms with E-state index in [1.165, 1.54) is 0 Å². The van der Waals surface area contributed by atoms with Crippen molar-refractivity contribution in [1.82, 2.24) is 0 Å². The van der Waals surface area contributed by atoms with Crippen LogP contribution in [-0.2, 0) is 80.9 Å². The first-order chi connectivity index (χ1) is 20.5. The molecule has 2 saturated heterocycles. The maximum atomic E-state index is 12.2. The topological polar surface area (TPSA) is 212 Å². The van der Waals surface area contributed by atoms with Gasteiger partial charge in [-0.3, -0.25) is 33.6 Å². The predicted molar refractivity (Wildman–Crippen MR) is 142 cm³/mol. The number of esters is 7. The van der Waals surface area contributed by atoms with Crippen molar-refractivity contribution in [1.29, 1.82) is 0 Å². The molecular formula is C26H35BrO17. The fraction of sp³-hybridized carbons (Fsp3) is 0.731. The lowest BCUT2D eigenvalue weighted by Gasteiger charge is -2.48. The first-order valence-corrected chi connectivity index (χ1v) is 14.1.